The number of rotatable bonds is 3. The van der Waals surface area contributed by atoms with Crippen LogP contribution in [0.5, 0.6) is 0 Å². The second-order valence-corrected chi connectivity index (χ2v) is 5.40. The third-order valence-electron chi connectivity index (χ3n) is 2.87. The predicted molar refractivity (Wildman–Crippen MR) is 82.9 cm³/mol. The third-order valence-corrected chi connectivity index (χ3v) is 3.59. The lowest BCUT2D eigenvalue weighted by Crippen LogP contribution is -2.30. The van der Waals surface area contributed by atoms with E-state index >= 15 is 0 Å². The lowest BCUT2D eigenvalue weighted by molar-refractivity contribution is 0.0988. The largest absolute Gasteiger partial charge is 0.309 e. The van der Waals surface area contributed by atoms with Crippen molar-refractivity contribution in [3.8, 4) is 0 Å². The van der Waals surface area contributed by atoms with Crippen molar-refractivity contribution < 1.29 is 13.6 Å². The molecule has 0 aromatic heterocycles. The van der Waals surface area contributed by atoms with Crippen LogP contribution in [0.4, 0.5) is 14.5 Å². The Morgan fingerprint density at radius 1 is 1.10 bits per heavy atom. The molecule has 2 rings (SSSR count). The summed E-state index contributed by atoms with van der Waals surface area (Å²) in [6.07, 6.45) is 0. The van der Waals surface area contributed by atoms with Crippen molar-refractivity contribution >= 4 is 34.2 Å². The van der Waals surface area contributed by atoms with Crippen LogP contribution in [-0.2, 0) is 0 Å². The summed E-state index contributed by atoms with van der Waals surface area (Å²) in [4.78, 5) is 13.8. The SMILES string of the molecule is CCN(C(=O)c1ccc(I)cc1)c1ccc(F)c(F)c1. The zero-order valence-corrected chi connectivity index (χ0v) is 12.9. The van der Waals surface area contributed by atoms with Crippen molar-refractivity contribution in [3.05, 3.63) is 63.2 Å². The lowest BCUT2D eigenvalue weighted by atomic mass is 10.2. The van der Waals surface area contributed by atoms with Crippen molar-refractivity contribution in [2.24, 2.45) is 0 Å². The predicted octanol–water partition coefficient (Wildman–Crippen LogP) is 4.24. The van der Waals surface area contributed by atoms with Gasteiger partial charge in [-0.3, -0.25) is 4.79 Å². The highest BCUT2D eigenvalue weighted by Gasteiger charge is 2.17. The second kappa shape index (κ2) is 6.30. The summed E-state index contributed by atoms with van der Waals surface area (Å²) in [5.74, 6) is -2.13. The Morgan fingerprint density at radius 3 is 2.30 bits per heavy atom. The van der Waals surface area contributed by atoms with Gasteiger partial charge in [-0.25, -0.2) is 8.78 Å². The van der Waals surface area contributed by atoms with E-state index in [0.29, 0.717) is 17.8 Å². The average Bonchev–Trinajstić information content (AvgIpc) is 2.44. The number of anilines is 1. The van der Waals surface area contributed by atoms with Gasteiger partial charge in [0.1, 0.15) is 0 Å². The Hall–Kier alpha value is -1.50. The fourth-order valence-corrected chi connectivity index (χ4v) is 2.20. The highest BCUT2D eigenvalue weighted by Crippen LogP contribution is 2.20. The number of halogens is 3. The van der Waals surface area contributed by atoms with Crippen molar-refractivity contribution in [2.45, 2.75) is 6.92 Å². The molecular weight excluding hydrogens is 375 g/mol. The van der Waals surface area contributed by atoms with E-state index in [2.05, 4.69) is 22.6 Å². The molecule has 20 heavy (non-hydrogen) atoms. The Balaban J connectivity index is 2.33. The monoisotopic (exact) mass is 387 g/mol. The lowest BCUT2D eigenvalue weighted by Gasteiger charge is -2.21. The molecule has 0 atom stereocenters. The first-order chi connectivity index (χ1) is 9.52. The van der Waals surface area contributed by atoms with Crippen LogP contribution in [0.15, 0.2) is 42.5 Å². The molecule has 0 bridgehead atoms. The van der Waals surface area contributed by atoms with Crippen molar-refractivity contribution in [1.82, 2.24) is 0 Å². The quantitative estimate of drug-likeness (QED) is 0.722. The van der Waals surface area contributed by atoms with Gasteiger partial charge in [0.15, 0.2) is 11.6 Å². The summed E-state index contributed by atoms with van der Waals surface area (Å²) in [6.45, 7) is 2.15. The first kappa shape index (κ1) is 14.9. The molecule has 0 unspecified atom stereocenters. The first-order valence-corrected chi connectivity index (χ1v) is 7.13. The molecule has 0 aliphatic heterocycles. The number of benzene rings is 2. The molecule has 0 N–H and O–H groups in total. The molecule has 5 heteroatoms. The summed E-state index contributed by atoms with van der Waals surface area (Å²) in [5.41, 5.74) is 0.854. The average molecular weight is 387 g/mol. The highest BCUT2D eigenvalue weighted by molar-refractivity contribution is 14.1. The van der Waals surface area contributed by atoms with E-state index in [1.165, 1.54) is 11.0 Å². The molecule has 0 heterocycles. The summed E-state index contributed by atoms with van der Waals surface area (Å²) >= 11 is 2.15. The van der Waals surface area contributed by atoms with Gasteiger partial charge >= 0.3 is 0 Å². The van der Waals surface area contributed by atoms with Crippen molar-refractivity contribution in [2.75, 3.05) is 11.4 Å². The summed E-state index contributed by atoms with van der Waals surface area (Å²) in [6, 6.07) is 10.5. The fraction of sp³-hybridized carbons (Fsp3) is 0.133. The summed E-state index contributed by atoms with van der Waals surface area (Å²) < 4.78 is 27.3. The van der Waals surface area contributed by atoms with Crippen LogP contribution in [0.1, 0.15) is 17.3 Å². The van der Waals surface area contributed by atoms with E-state index in [1.54, 1.807) is 19.1 Å². The normalized spacial score (nSPS) is 10.4. The van der Waals surface area contributed by atoms with E-state index in [-0.39, 0.29) is 5.91 Å². The first-order valence-electron chi connectivity index (χ1n) is 6.05. The topological polar surface area (TPSA) is 20.3 Å². The molecule has 0 fully saturated rings. The third kappa shape index (κ3) is 3.15. The van der Waals surface area contributed by atoms with Gasteiger partial charge in [0.2, 0.25) is 0 Å². The van der Waals surface area contributed by atoms with Crippen molar-refractivity contribution in [3.63, 3.8) is 0 Å². The van der Waals surface area contributed by atoms with Crippen LogP contribution in [0.2, 0.25) is 0 Å². The smallest absolute Gasteiger partial charge is 0.258 e. The molecular formula is C15H12F2INO. The number of carbonyl (C=O) groups is 1. The van der Waals surface area contributed by atoms with Gasteiger partial charge < -0.3 is 4.90 Å². The second-order valence-electron chi connectivity index (χ2n) is 4.15. The van der Waals surface area contributed by atoms with E-state index in [9.17, 15) is 13.6 Å². The minimum Gasteiger partial charge on any atom is -0.309 e. The number of carbonyl (C=O) groups excluding carboxylic acids is 1. The van der Waals surface area contributed by atoms with Gasteiger partial charge in [0.05, 0.1) is 0 Å². The maximum Gasteiger partial charge on any atom is 0.258 e. The highest BCUT2D eigenvalue weighted by atomic mass is 127. The Kier molecular flexibility index (Phi) is 4.69. The molecule has 0 aliphatic carbocycles. The molecule has 0 radical (unpaired) electrons. The maximum absolute atomic E-state index is 13.3. The minimum atomic E-state index is -0.962. The van der Waals surface area contributed by atoms with Gasteiger partial charge in [-0.15, -0.1) is 0 Å². The van der Waals surface area contributed by atoms with E-state index < -0.39 is 11.6 Å². The molecule has 2 nitrogen and oxygen atoms in total. The van der Waals surface area contributed by atoms with Crippen LogP contribution < -0.4 is 4.90 Å². The molecule has 0 spiro atoms. The van der Waals surface area contributed by atoms with E-state index in [0.717, 1.165) is 15.7 Å². The van der Waals surface area contributed by atoms with Crippen LogP contribution in [0, 0.1) is 15.2 Å². The number of nitrogens with zero attached hydrogens (tertiary/aromatic N) is 1. The number of hydrogen-bond donors (Lipinski definition) is 0. The van der Waals surface area contributed by atoms with Crippen LogP contribution >= 0.6 is 22.6 Å². The van der Waals surface area contributed by atoms with Gasteiger partial charge in [-0.05, 0) is 65.9 Å². The summed E-state index contributed by atoms with van der Waals surface area (Å²) in [7, 11) is 0. The minimum absolute atomic E-state index is 0.241. The molecule has 2 aromatic rings. The Bertz CT molecular complexity index is 628. The number of hydrogen-bond acceptors (Lipinski definition) is 1. The van der Waals surface area contributed by atoms with Gasteiger partial charge in [0, 0.05) is 27.4 Å². The zero-order valence-electron chi connectivity index (χ0n) is 10.7. The molecule has 0 saturated carbocycles. The van der Waals surface area contributed by atoms with Gasteiger partial charge in [-0.2, -0.15) is 0 Å². The molecule has 104 valence electrons. The van der Waals surface area contributed by atoms with Crippen molar-refractivity contribution in [1.29, 1.82) is 0 Å². The zero-order chi connectivity index (χ0) is 14.7. The molecule has 0 saturated heterocycles. The van der Waals surface area contributed by atoms with Crippen LogP contribution in [0.25, 0.3) is 0 Å². The van der Waals surface area contributed by atoms with Gasteiger partial charge in [-0.1, -0.05) is 0 Å². The molecule has 1 amide bonds. The molecule has 2 aromatic carbocycles. The fourth-order valence-electron chi connectivity index (χ4n) is 1.84. The van der Waals surface area contributed by atoms with Crippen LogP contribution in [-0.4, -0.2) is 12.5 Å². The Morgan fingerprint density at radius 2 is 1.75 bits per heavy atom. The standard InChI is InChI=1S/C15H12F2INO/c1-2-19(12-7-8-13(16)14(17)9-12)15(20)10-3-5-11(18)6-4-10/h3-9H,2H2,1H3. The molecule has 0 aliphatic rings. The van der Waals surface area contributed by atoms with Gasteiger partial charge in [0.25, 0.3) is 5.91 Å². The van der Waals surface area contributed by atoms with E-state index in [1.807, 2.05) is 12.1 Å². The van der Waals surface area contributed by atoms with E-state index in [4.69, 9.17) is 0 Å². The number of amides is 1. The Labute approximate surface area is 129 Å². The summed E-state index contributed by atoms with van der Waals surface area (Å²) in [5, 5.41) is 0. The van der Waals surface area contributed by atoms with Crippen LogP contribution in [0.3, 0.4) is 0 Å². The maximum atomic E-state index is 13.3.